The van der Waals surface area contributed by atoms with E-state index in [1.165, 1.54) is 26.1 Å². The Kier molecular flexibility index (Phi) is 6.18. The number of hydrogen-bond acceptors (Lipinski definition) is 4. The highest BCUT2D eigenvalue weighted by Crippen LogP contribution is 2.19. The van der Waals surface area contributed by atoms with E-state index in [1.54, 1.807) is 42.4 Å². The number of thioether (sulfide) groups is 1. The SMILES string of the molecule is CSc1ccc(CNC(=O)CCn2ccn3nc(-c4ccc(F)cc4)cc3c2=O)cc1. The lowest BCUT2D eigenvalue weighted by molar-refractivity contribution is -0.121. The maximum absolute atomic E-state index is 13.1. The molecule has 31 heavy (non-hydrogen) atoms. The second-order valence-corrected chi connectivity index (χ2v) is 7.92. The van der Waals surface area contributed by atoms with Gasteiger partial charge in [0.25, 0.3) is 5.56 Å². The Hall–Kier alpha value is -3.39. The van der Waals surface area contributed by atoms with Crippen LogP contribution in [0.3, 0.4) is 0 Å². The number of halogens is 1. The van der Waals surface area contributed by atoms with Crippen LogP contribution >= 0.6 is 11.8 Å². The lowest BCUT2D eigenvalue weighted by Gasteiger charge is -2.08. The number of aryl methyl sites for hydroxylation is 1. The molecule has 2 aromatic carbocycles. The smallest absolute Gasteiger partial charge is 0.276 e. The summed E-state index contributed by atoms with van der Waals surface area (Å²) >= 11 is 1.67. The zero-order valence-corrected chi connectivity index (χ0v) is 17.7. The third-order valence-corrected chi connectivity index (χ3v) is 5.72. The Morgan fingerprint density at radius 1 is 1.10 bits per heavy atom. The summed E-state index contributed by atoms with van der Waals surface area (Å²) in [7, 11) is 0. The van der Waals surface area contributed by atoms with Gasteiger partial charge in [-0.2, -0.15) is 5.10 Å². The highest BCUT2D eigenvalue weighted by molar-refractivity contribution is 7.98. The Morgan fingerprint density at radius 3 is 2.55 bits per heavy atom. The molecule has 1 amide bonds. The number of nitrogens with one attached hydrogen (secondary N) is 1. The van der Waals surface area contributed by atoms with Gasteiger partial charge in [-0.05, 0) is 54.3 Å². The summed E-state index contributed by atoms with van der Waals surface area (Å²) in [5.41, 5.74) is 2.50. The van der Waals surface area contributed by atoms with Crippen molar-refractivity contribution in [3.63, 3.8) is 0 Å². The number of carbonyl (C=O) groups is 1. The molecule has 0 radical (unpaired) electrons. The van der Waals surface area contributed by atoms with Crippen LogP contribution in [-0.4, -0.2) is 26.3 Å². The Bertz CT molecular complexity index is 1260. The van der Waals surface area contributed by atoms with E-state index in [9.17, 15) is 14.0 Å². The maximum Gasteiger partial charge on any atom is 0.276 e. The number of hydrogen-bond donors (Lipinski definition) is 1. The van der Waals surface area contributed by atoms with Crippen LogP contribution < -0.4 is 10.9 Å². The van der Waals surface area contributed by atoms with Crippen LogP contribution in [0.5, 0.6) is 0 Å². The minimum Gasteiger partial charge on any atom is -0.352 e. The first-order valence-corrected chi connectivity index (χ1v) is 11.0. The van der Waals surface area contributed by atoms with Gasteiger partial charge < -0.3 is 9.88 Å². The van der Waals surface area contributed by atoms with E-state index in [0.29, 0.717) is 17.8 Å². The first-order chi connectivity index (χ1) is 15.0. The molecule has 4 aromatic rings. The van der Waals surface area contributed by atoms with E-state index in [2.05, 4.69) is 10.4 Å². The first kappa shape index (κ1) is 20.9. The number of benzene rings is 2. The van der Waals surface area contributed by atoms with Crippen LogP contribution in [0, 0.1) is 5.82 Å². The zero-order chi connectivity index (χ0) is 21.8. The Balaban J connectivity index is 1.41. The minimum absolute atomic E-state index is 0.124. The van der Waals surface area contributed by atoms with Gasteiger partial charge in [0.1, 0.15) is 11.3 Å². The standard InChI is InChI=1S/C23H21FN4O2S/c1-31-19-8-2-16(3-9-19)15-25-22(29)10-11-27-12-13-28-21(23(27)30)14-20(26-28)17-4-6-18(24)7-5-17/h2-9,12-14H,10-11,15H2,1H3,(H,25,29). The van der Waals surface area contributed by atoms with Gasteiger partial charge >= 0.3 is 0 Å². The highest BCUT2D eigenvalue weighted by atomic mass is 32.2. The molecule has 0 saturated heterocycles. The van der Waals surface area contributed by atoms with Gasteiger partial charge in [0.2, 0.25) is 5.91 Å². The number of fused-ring (bicyclic) bond motifs is 1. The van der Waals surface area contributed by atoms with Gasteiger partial charge in [-0.15, -0.1) is 11.8 Å². The molecule has 0 aliphatic heterocycles. The molecule has 2 heterocycles. The second-order valence-electron chi connectivity index (χ2n) is 7.04. The molecule has 0 spiro atoms. The molecule has 158 valence electrons. The fourth-order valence-electron chi connectivity index (χ4n) is 3.22. The quantitative estimate of drug-likeness (QED) is 0.448. The third kappa shape index (κ3) is 4.86. The number of nitrogens with zero attached hydrogens (tertiary/aromatic N) is 3. The van der Waals surface area contributed by atoms with Crippen LogP contribution in [0.1, 0.15) is 12.0 Å². The Labute approximate surface area is 182 Å². The van der Waals surface area contributed by atoms with Gasteiger partial charge in [-0.1, -0.05) is 12.1 Å². The minimum atomic E-state index is -0.329. The number of carbonyl (C=O) groups excluding carboxylic acids is 1. The van der Waals surface area contributed by atoms with Crippen LogP contribution in [0.2, 0.25) is 0 Å². The molecule has 4 rings (SSSR count). The van der Waals surface area contributed by atoms with Gasteiger partial charge in [0.05, 0.1) is 5.69 Å². The van der Waals surface area contributed by atoms with Crippen LogP contribution in [0.25, 0.3) is 16.8 Å². The average molecular weight is 437 g/mol. The van der Waals surface area contributed by atoms with E-state index in [1.807, 2.05) is 30.5 Å². The molecule has 0 aliphatic carbocycles. The fourth-order valence-corrected chi connectivity index (χ4v) is 3.63. The van der Waals surface area contributed by atoms with Crippen molar-refractivity contribution in [3.05, 3.63) is 88.7 Å². The molecular weight excluding hydrogens is 415 g/mol. The molecule has 0 atom stereocenters. The van der Waals surface area contributed by atoms with Crippen LogP contribution in [0.15, 0.2) is 76.7 Å². The Morgan fingerprint density at radius 2 is 1.84 bits per heavy atom. The lowest BCUT2D eigenvalue weighted by atomic mass is 10.1. The van der Waals surface area contributed by atoms with Crippen molar-refractivity contribution in [3.8, 4) is 11.3 Å². The molecule has 0 saturated carbocycles. The lowest BCUT2D eigenvalue weighted by Crippen LogP contribution is -2.27. The van der Waals surface area contributed by atoms with Crippen LogP contribution in [-0.2, 0) is 17.9 Å². The van der Waals surface area contributed by atoms with E-state index < -0.39 is 0 Å². The van der Waals surface area contributed by atoms with E-state index in [0.717, 1.165) is 11.1 Å². The topological polar surface area (TPSA) is 68.4 Å². The predicted octanol–water partition coefficient (Wildman–Crippen LogP) is 3.73. The second kappa shape index (κ2) is 9.18. The van der Waals surface area contributed by atoms with Crippen molar-refractivity contribution in [1.29, 1.82) is 0 Å². The normalized spacial score (nSPS) is 11.0. The van der Waals surface area contributed by atoms with E-state index >= 15 is 0 Å². The van der Waals surface area contributed by atoms with Crippen molar-refractivity contribution in [2.24, 2.45) is 0 Å². The summed E-state index contributed by atoms with van der Waals surface area (Å²) in [5.74, 6) is -0.452. The molecule has 0 bridgehead atoms. The molecule has 0 fully saturated rings. The first-order valence-electron chi connectivity index (χ1n) is 9.78. The molecule has 2 aromatic heterocycles. The molecule has 6 nitrogen and oxygen atoms in total. The average Bonchev–Trinajstić information content (AvgIpc) is 3.23. The molecule has 0 unspecified atom stereocenters. The number of amides is 1. The van der Waals surface area contributed by atoms with Gasteiger partial charge in [-0.25, -0.2) is 8.91 Å². The predicted molar refractivity (Wildman–Crippen MR) is 120 cm³/mol. The summed E-state index contributed by atoms with van der Waals surface area (Å²) in [5, 5.41) is 7.27. The molecular formula is C23H21FN4O2S. The van der Waals surface area contributed by atoms with Gasteiger partial charge in [0, 0.05) is 42.4 Å². The summed E-state index contributed by atoms with van der Waals surface area (Å²) in [6.45, 7) is 0.717. The highest BCUT2D eigenvalue weighted by Gasteiger charge is 2.10. The summed E-state index contributed by atoms with van der Waals surface area (Å²) in [4.78, 5) is 26.2. The van der Waals surface area contributed by atoms with Crippen molar-refractivity contribution in [1.82, 2.24) is 19.5 Å². The maximum atomic E-state index is 13.1. The summed E-state index contributed by atoms with van der Waals surface area (Å²) < 4.78 is 16.1. The monoisotopic (exact) mass is 436 g/mol. The van der Waals surface area contributed by atoms with Gasteiger partial charge in [-0.3, -0.25) is 9.59 Å². The van der Waals surface area contributed by atoms with Crippen molar-refractivity contribution in [2.75, 3.05) is 6.26 Å². The van der Waals surface area contributed by atoms with Crippen molar-refractivity contribution >= 4 is 23.2 Å². The molecule has 0 aliphatic rings. The zero-order valence-electron chi connectivity index (χ0n) is 16.9. The van der Waals surface area contributed by atoms with Crippen molar-refractivity contribution < 1.29 is 9.18 Å². The number of rotatable bonds is 7. The summed E-state index contributed by atoms with van der Waals surface area (Å²) in [6, 6.07) is 15.6. The third-order valence-electron chi connectivity index (χ3n) is 4.97. The van der Waals surface area contributed by atoms with Crippen LogP contribution in [0.4, 0.5) is 4.39 Å². The molecule has 1 N–H and O–H groups in total. The van der Waals surface area contributed by atoms with Gasteiger partial charge in [0.15, 0.2) is 0 Å². The molecule has 8 heteroatoms. The summed E-state index contributed by atoms with van der Waals surface area (Å²) in [6.07, 6.45) is 5.50. The van der Waals surface area contributed by atoms with E-state index in [4.69, 9.17) is 0 Å². The fraction of sp³-hybridized carbons (Fsp3) is 0.174. The van der Waals surface area contributed by atoms with E-state index in [-0.39, 0.29) is 30.2 Å². The largest absolute Gasteiger partial charge is 0.352 e. The van der Waals surface area contributed by atoms with Crippen molar-refractivity contribution in [2.45, 2.75) is 24.4 Å². The number of aromatic nitrogens is 3.